The first kappa shape index (κ1) is 28.7. The van der Waals surface area contributed by atoms with Gasteiger partial charge in [-0.1, -0.05) is 29.7 Å². The molecule has 4 aromatic rings. The van der Waals surface area contributed by atoms with Gasteiger partial charge in [-0.2, -0.15) is 9.98 Å². The average Bonchev–Trinajstić information content (AvgIpc) is 3.18. The van der Waals surface area contributed by atoms with Crippen LogP contribution < -0.4 is 9.46 Å². The van der Waals surface area contributed by atoms with E-state index in [1.54, 1.807) is 31.2 Å². The molecule has 1 heterocycles. The molecule has 0 aliphatic rings. The van der Waals surface area contributed by atoms with Crippen LogP contribution in [0.15, 0.2) is 71.6 Å². The van der Waals surface area contributed by atoms with Gasteiger partial charge in [-0.05, 0) is 79.6 Å². The van der Waals surface area contributed by atoms with Crippen LogP contribution in [-0.4, -0.2) is 36.7 Å². The third-order valence-corrected chi connectivity index (χ3v) is 8.19. The van der Waals surface area contributed by atoms with Gasteiger partial charge in [0.25, 0.3) is 0 Å². The molecule has 0 saturated heterocycles. The molecule has 8 nitrogen and oxygen atoms in total. The molecular weight excluding hydrogens is 550 g/mol. The highest BCUT2D eigenvalue weighted by Crippen LogP contribution is 2.31. The highest BCUT2D eigenvalue weighted by Gasteiger charge is 2.28. The summed E-state index contributed by atoms with van der Waals surface area (Å²) in [5, 5.41) is 20.3. The van der Waals surface area contributed by atoms with E-state index in [0.29, 0.717) is 28.4 Å². The zero-order valence-corrected chi connectivity index (χ0v) is 23.4. The van der Waals surface area contributed by atoms with Gasteiger partial charge < -0.3 is 14.4 Å². The van der Waals surface area contributed by atoms with Crippen molar-refractivity contribution in [3.8, 4) is 23.7 Å². The van der Waals surface area contributed by atoms with Gasteiger partial charge in [0, 0.05) is 34.6 Å². The van der Waals surface area contributed by atoms with Crippen molar-refractivity contribution < 1.29 is 23.1 Å². The number of hydrogen-bond acceptors (Lipinski definition) is 5. The molecule has 0 aliphatic heterocycles. The molecule has 3 aromatic carbocycles. The first-order valence-electron chi connectivity index (χ1n) is 12.3. The average molecular weight is 576 g/mol. The number of sulfonamides is 1. The maximum Gasteiger partial charge on any atom is 0.322 e. The fraction of sp³-hybridized carbons (Fsp3) is 0.200. The minimum Gasteiger partial charge on any atom is -0.481 e. The van der Waals surface area contributed by atoms with E-state index in [1.807, 2.05) is 29.7 Å². The Morgan fingerprint density at radius 1 is 1.12 bits per heavy atom. The number of nitriles is 1. The highest BCUT2D eigenvalue weighted by atomic mass is 35.5. The van der Waals surface area contributed by atoms with Crippen molar-refractivity contribution in [1.29, 1.82) is 5.26 Å². The summed E-state index contributed by atoms with van der Waals surface area (Å²) in [6.45, 7) is 4.19. The van der Waals surface area contributed by atoms with Gasteiger partial charge in [-0.15, -0.1) is 5.92 Å². The number of hydrogen-bond donors (Lipinski definition) is 2. The Kier molecular flexibility index (Phi) is 8.81. The molecule has 10 heteroatoms. The molecule has 4 rings (SSSR count). The van der Waals surface area contributed by atoms with Crippen molar-refractivity contribution in [2.24, 2.45) is 0 Å². The number of fused-ring (bicyclic) bond motifs is 1. The Morgan fingerprint density at radius 3 is 2.45 bits per heavy atom. The summed E-state index contributed by atoms with van der Waals surface area (Å²) in [6, 6.07) is 18.9. The summed E-state index contributed by atoms with van der Waals surface area (Å²) < 4.78 is 36.0. The standard InChI is InChI=1S/C30H26ClN3O5S/c1-3-4-15-39-24-10-12-25(13-11-24)40(37,38)33-28(30(35)36)17-26-20(2)34(29-14-9-23(31)16-27(26)29)19-22-7-5-21(18-32)6-8-22/h5-14,16,28,33H,15,17,19H2,1-2H3,(H,35,36)/t28-/m0/s1. The van der Waals surface area contributed by atoms with E-state index < -0.39 is 22.0 Å². The van der Waals surface area contributed by atoms with Crippen molar-refractivity contribution in [3.63, 3.8) is 0 Å². The summed E-state index contributed by atoms with van der Waals surface area (Å²) in [5.74, 6) is 4.59. The second-order valence-electron chi connectivity index (χ2n) is 9.02. The fourth-order valence-electron chi connectivity index (χ4n) is 4.40. The lowest BCUT2D eigenvalue weighted by molar-refractivity contribution is -0.138. The maximum atomic E-state index is 13.1. The van der Waals surface area contributed by atoms with Gasteiger partial charge in [0.05, 0.1) is 16.5 Å². The Hall–Kier alpha value is -4.28. The van der Waals surface area contributed by atoms with Gasteiger partial charge in [0.1, 0.15) is 18.4 Å². The van der Waals surface area contributed by atoms with E-state index in [2.05, 4.69) is 22.6 Å². The third kappa shape index (κ3) is 6.47. The lowest BCUT2D eigenvalue weighted by Crippen LogP contribution is -2.42. The number of carboxylic acids is 1. The highest BCUT2D eigenvalue weighted by molar-refractivity contribution is 7.89. The quantitative estimate of drug-likeness (QED) is 0.259. The normalized spacial score (nSPS) is 11.8. The predicted octanol–water partition coefficient (Wildman–Crippen LogP) is 4.90. The van der Waals surface area contributed by atoms with Crippen molar-refractivity contribution >= 4 is 38.5 Å². The molecular formula is C30H26ClN3O5S. The molecule has 0 saturated carbocycles. The number of halogens is 1. The van der Waals surface area contributed by atoms with Gasteiger partial charge >= 0.3 is 5.97 Å². The van der Waals surface area contributed by atoms with Crippen molar-refractivity contribution in [2.75, 3.05) is 6.61 Å². The fourth-order valence-corrected chi connectivity index (χ4v) is 5.76. The molecule has 0 unspecified atom stereocenters. The number of nitrogens with zero attached hydrogens (tertiary/aromatic N) is 2. The molecule has 0 bridgehead atoms. The molecule has 2 N–H and O–H groups in total. The summed E-state index contributed by atoms with van der Waals surface area (Å²) in [6.07, 6.45) is -0.103. The predicted molar refractivity (Wildman–Crippen MR) is 153 cm³/mol. The van der Waals surface area contributed by atoms with Crippen LogP contribution in [0.3, 0.4) is 0 Å². The first-order chi connectivity index (χ1) is 19.1. The van der Waals surface area contributed by atoms with E-state index >= 15 is 0 Å². The molecule has 40 heavy (non-hydrogen) atoms. The third-order valence-electron chi connectivity index (χ3n) is 6.47. The molecule has 204 valence electrons. The van der Waals surface area contributed by atoms with Gasteiger partial charge in [-0.3, -0.25) is 4.79 Å². The van der Waals surface area contributed by atoms with E-state index in [9.17, 15) is 18.3 Å². The van der Waals surface area contributed by atoms with Gasteiger partial charge in [-0.25, -0.2) is 8.42 Å². The van der Waals surface area contributed by atoms with Crippen LogP contribution >= 0.6 is 11.6 Å². The molecule has 1 aromatic heterocycles. The van der Waals surface area contributed by atoms with Gasteiger partial charge in [0.15, 0.2) is 0 Å². The lowest BCUT2D eigenvalue weighted by Gasteiger charge is -2.16. The van der Waals surface area contributed by atoms with E-state index in [-0.39, 0.29) is 17.9 Å². The lowest BCUT2D eigenvalue weighted by atomic mass is 10.0. The van der Waals surface area contributed by atoms with E-state index in [1.165, 1.54) is 24.3 Å². The monoisotopic (exact) mass is 575 g/mol. The molecule has 0 fully saturated rings. The van der Waals surface area contributed by atoms with Crippen LogP contribution in [0.4, 0.5) is 0 Å². The summed E-state index contributed by atoms with van der Waals surface area (Å²) in [4.78, 5) is 12.2. The van der Waals surface area contributed by atoms with Crippen LogP contribution in [-0.2, 0) is 27.8 Å². The number of rotatable bonds is 10. The molecule has 0 aliphatic carbocycles. The summed E-state index contributed by atoms with van der Waals surface area (Å²) in [5.41, 5.74) is 3.78. The van der Waals surface area contributed by atoms with Gasteiger partial charge in [0.2, 0.25) is 10.0 Å². The SMILES string of the molecule is CC#CCOc1ccc(S(=O)(=O)N[C@@H](Cc2c(C)n(Cc3ccc(C#N)cc3)c3ccc(Cl)cc23)C(=O)O)cc1. The van der Waals surface area contributed by atoms with Crippen LogP contribution in [0.5, 0.6) is 5.75 Å². The minimum atomic E-state index is -4.16. The zero-order chi connectivity index (χ0) is 28.9. The largest absolute Gasteiger partial charge is 0.481 e. The van der Waals surface area contributed by atoms with Crippen LogP contribution in [0.1, 0.15) is 29.3 Å². The summed E-state index contributed by atoms with van der Waals surface area (Å²) >= 11 is 6.30. The Balaban J connectivity index is 1.64. The van der Waals surface area contributed by atoms with Crippen LogP contribution in [0.2, 0.25) is 5.02 Å². The van der Waals surface area contributed by atoms with E-state index in [4.69, 9.17) is 21.6 Å². The number of benzene rings is 3. The smallest absolute Gasteiger partial charge is 0.322 e. The molecule has 0 radical (unpaired) electrons. The number of aliphatic carboxylic acids is 1. The van der Waals surface area contributed by atoms with Crippen LogP contribution in [0.25, 0.3) is 10.9 Å². The number of ether oxygens (including phenoxy) is 1. The number of nitrogens with one attached hydrogen (secondary N) is 1. The second-order valence-corrected chi connectivity index (χ2v) is 11.2. The Bertz CT molecular complexity index is 1760. The topological polar surface area (TPSA) is 121 Å². The maximum absolute atomic E-state index is 13.1. The Morgan fingerprint density at radius 2 is 1.82 bits per heavy atom. The number of carbonyl (C=O) groups is 1. The number of aromatic nitrogens is 1. The van der Waals surface area contributed by atoms with Crippen LogP contribution in [0, 0.1) is 30.1 Å². The first-order valence-corrected chi connectivity index (χ1v) is 14.1. The molecule has 0 amide bonds. The van der Waals surface area contributed by atoms with E-state index in [0.717, 1.165) is 22.2 Å². The summed E-state index contributed by atoms with van der Waals surface area (Å²) in [7, 11) is -4.16. The Labute approximate surface area is 237 Å². The molecule has 0 spiro atoms. The second kappa shape index (κ2) is 12.3. The van der Waals surface area contributed by atoms with Crippen molar-refractivity contribution in [2.45, 2.75) is 37.8 Å². The van der Waals surface area contributed by atoms with Crippen molar-refractivity contribution in [3.05, 3.63) is 94.1 Å². The number of carboxylic acid groups (broad SMARTS) is 1. The van der Waals surface area contributed by atoms with Crippen molar-refractivity contribution in [1.82, 2.24) is 9.29 Å². The zero-order valence-electron chi connectivity index (χ0n) is 21.8. The minimum absolute atomic E-state index is 0.0873. The molecule has 1 atom stereocenters.